The van der Waals surface area contributed by atoms with Crippen LogP contribution in [0.15, 0.2) is 54.7 Å². The zero-order valence-electron chi connectivity index (χ0n) is 22.4. The van der Waals surface area contributed by atoms with Gasteiger partial charge in [0.1, 0.15) is 32.0 Å². The van der Waals surface area contributed by atoms with E-state index in [-0.39, 0.29) is 5.75 Å². The van der Waals surface area contributed by atoms with Gasteiger partial charge < -0.3 is 29.5 Å². The number of hydrogen-bond acceptors (Lipinski definition) is 9. The van der Waals surface area contributed by atoms with Crippen LogP contribution in [0.5, 0.6) is 5.75 Å². The first kappa shape index (κ1) is 30.3. The molecule has 0 radical (unpaired) electrons. The van der Waals surface area contributed by atoms with E-state index in [1.165, 1.54) is 27.0 Å². The minimum Gasteiger partial charge on any atom is -0.462 e. The number of carbonyl (C=O) groups is 2. The molecule has 40 heavy (non-hydrogen) atoms. The first-order valence-electron chi connectivity index (χ1n) is 12.7. The number of fused-ring (bicyclic) bond motifs is 1. The molecule has 216 valence electrons. The molecule has 2 aliphatic rings. The highest BCUT2D eigenvalue weighted by Gasteiger charge is 2.55. The second-order valence-corrected chi connectivity index (χ2v) is 12.5. The van der Waals surface area contributed by atoms with Gasteiger partial charge in [0.2, 0.25) is 0 Å². The van der Waals surface area contributed by atoms with Crippen LogP contribution in [0.2, 0.25) is 0 Å². The average molecular weight is 596 g/mol. The van der Waals surface area contributed by atoms with Crippen molar-refractivity contribution in [1.29, 1.82) is 0 Å². The van der Waals surface area contributed by atoms with E-state index in [0.717, 1.165) is 10.3 Å². The number of aliphatic hydroxyl groups excluding tert-OH is 2. The number of aliphatic hydroxyl groups is 2. The molecule has 0 aliphatic carbocycles. The van der Waals surface area contributed by atoms with Gasteiger partial charge in [-0.05, 0) is 38.3 Å². The topological polar surface area (TPSA) is 156 Å². The number of benzene rings is 2. The SMILES string of the molecule is B[C@]1(Cl)[C@H](O)[C@@H](CO[P@@](=O)(N[C@@H](C)C(=O)OC(C)C)Oc2cccc3ccccc23)O[C@H]1N1C=CC(O)NC1=O. The first-order chi connectivity index (χ1) is 18.8. The van der Waals surface area contributed by atoms with Gasteiger partial charge >= 0.3 is 19.7 Å². The summed E-state index contributed by atoms with van der Waals surface area (Å²) < 4.78 is 35.3. The summed E-state index contributed by atoms with van der Waals surface area (Å²) in [4.78, 5) is 26.0. The molecule has 12 nitrogen and oxygen atoms in total. The third kappa shape index (κ3) is 6.63. The van der Waals surface area contributed by atoms with Gasteiger partial charge in [0.25, 0.3) is 0 Å². The van der Waals surface area contributed by atoms with Crippen LogP contribution in [-0.2, 0) is 23.4 Å². The number of urea groups is 1. The van der Waals surface area contributed by atoms with Gasteiger partial charge in [0.05, 0.1) is 23.6 Å². The van der Waals surface area contributed by atoms with E-state index in [2.05, 4.69) is 10.4 Å². The lowest BCUT2D eigenvalue weighted by Crippen LogP contribution is -2.56. The summed E-state index contributed by atoms with van der Waals surface area (Å²) in [5.74, 6) is -0.434. The van der Waals surface area contributed by atoms with Crippen molar-refractivity contribution in [2.45, 2.75) is 62.4 Å². The van der Waals surface area contributed by atoms with Crippen LogP contribution in [-0.4, -0.2) is 83.1 Å². The molecule has 1 fully saturated rings. The number of ether oxygens (including phenoxy) is 2. The Morgan fingerprint density at radius 3 is 2.65 bits per heavy atom. The number of nitrogens with one attached hydrogen (secondary N) is 2. The van der Waals surface area contributed by atoms with E-state index in [4.69, 9.17) is 30.1 Å². The highest BCUT2D eigenvalue weighted by atomic mass is 35.5. The Morgan fingerprint density at radius 1 is 1.25 bits per heavy atom. The standard InChI is InChI=1S/C25H32BClN3O9P/c1-14(2)37-22(33)15(3)29-40(35,39-18-10-6-8-16-7-4-5-9-17(16)18)36-13-19-21(32)25(26,27)23(38-19)30-12-11-20(31)28-24(30)34/h4-12,14-15,19-21,23,31-32H,13,26H2,1-3H3,(H,28,34)(H,29,35)/t15-,19+,20?,21+,23+,25-,40-/m0/s1. The van der Waals surface area contributed by atoms with E-state index in [1.54, 1.807) is 38.1 Å². The minimum absolute atomic E-state index is 0.236. The highest BCUT2D eigenvalue weighted by Crippen LogP contribution is 2.48. The molecule has 2 heterocycles. The van der Waals surface area contributed by atoms with E-state index < -0.39 is 67.9 Å². The van der Waals surface area contributed by atoms with Crippen molar-refractivity contribution >= 4 is 50.0 Å². The Hall–Kier alpha value is -2.64. The van der Waals surface area contributed by atoms with Crippen molar-refractivity contribution in [3.8, 4) is 5.75 Å². The summed E-state index contributed by atoms with van der Waals surface area (Å²) >= 11 is 6.61. The van der Waals surface area contributed by atoms with Gasteiger partial charge in [0.15, 0.2) is 6.23 Å². The molecule has 2 aromatic carbocycles. The Bertz CT molecular complexity index is 1320. The first-order valence-corrected chi connectivity index (χ1v) is 14.6. The van der Waals surface area contributed by atoms with Gasteiger partial charge in [-0.1, -0.05) is 36.4 Å². The van der Waals surface area contributed by atoms with Crippen LogP contribution in [0, 0.1) is 0 Å². The van der Waals surface area contributed by atoms with Crippen molar-refractivity contribution in [3.05, 3.63) is 54.7 Å². The molecular weight excluding hydrogens is 564 g/mol. The Morgan fingerprint density at radius 2 is 1.95 bits per heavy atom. The smallest absolute Gasteiger partial charge is 0.459 e. The minimum atomic E-state index is -4.32. The quantitative estimate of drug-likeness (QED) is 0.138. The second-order valence-electron chi connectivity index (χ2n) is 9.96. The zero-order valence-corrected chi connectivity index (χ0v) is 24.0. The van der Waals surface area contributed by atoms with Gasteiger partial charge in [-0.2, -0.15) is 5.09 Å². The number of amides is 2. The number of nitrogens with zero attached hydrogens (tertiary/aromatic N) is 1. The molecule has 1 saturated heterocycles. The lowest BCUT2D eigenvalue weighted by Gasteiger charge is -2.35. The lowest BCUT2D eigenvalue weighted by molar-refractivity contribution is -0.149. The molecule has 0 aromatic heterocycles. The van der Waals surface area contributed by atoms with Crippen LogP contribution in [0.1, 0.15) is 20.8 Å². The monoisotopic (exact) mass is 595 g/mol. The van der Waals surface area contributed by atoms with Gasteiger partial charge in [0, 0.05) is 11.6 Å². The maximum atomic E-state index is 14.1. The number of halogens is 1. The normalized spacial score (nSPS) is 28.8. The van der Waals surface area contributed by atoms with Gasteiger partial charge in [-0.3, -0.25) is 14.2 Å². The molecule has 2 aromatic rings. The van der Waals surface area contributed by atoms with Crippen molar-refractivity contribution in [2.24, 2.45) is 0 Å². The van der Waals surface area contributed by atoms with Crippen molar-refractivity contribution in [1.82, 2.24) is 15.3 Å². The predicted molar refractivity (Wildman–Crippen MR) is 149 cm³/mol. The number of rotatable bonds is 10. The van der Waals surface area contributed by atoms with Gasteiger partial charge in [-0.25, -0.2) is 9.36 Å². The predicted octanol–water partition coefficient (Wildman–Crippen LogP) is 1.78. The summed E-state index contributed by atoms with van der Waals surface area (Å²) in [6.45, 7) is 4.34. The summed E-state index contributed by atoms with van der Waals surface area (Å²) in [5, 5.41) is 27.0. The molecule has 2 aliphatic heterocycles. The number of alkyl halides is 1. The summed E-state index contributed by atoms with van der Waals surface area (Å²) in [6.07, 6.45) is -2.66. The maximum Gasteiger partial charge on any atom is 0.459 e. The van der Waals surface area contributed by atoms with Crippen molar-refractivity contribution in [2.75, 3.05) is 6.61 Å². The molecule has 7 atom stereocenters. The summed E-state index contributed by atoms with van der Waals surface area (Å²) in [7, 11) is -2.84. The van der Waals surface area contributed by atoms with Crippen LogP contribution in [0.4, 0.5) is 4.79 Å². The summed E-state index contributed by atoms with van der Waals surface area (Å²) in [5.41, 5.74) is 0. The lowest BCUT2D eigenvalue weighted by atomic mass is 9.79. The fourth-order valence-corrected chi connectivity index (χ4v) is 6.13. The third-order valence-electron chi connectivity index (χ3n) is 6.34. The Balaban J connectivity index is 1.56. The highest BCUT2D eigenvalue weighted by molar-refractivity contribution is 7.52. The van der Waals surface area contributed by atoms with Crippen LogP contribution in [0.3, 0.4) is 0 Å². The van der Waals surface area contributed by atoms with E-state index in [0.29, 0.717) is 5.39 Å². The molecule has 2 amide bonds. The number of esters is 1. The van der Waals surface area contributed by atoms with Crippen LogP contribution in [0.25, 0.3) is 10.8 Å². The molecule has 4 N–H and O–H groups in total. The van der Waals surface area contributed by atoms with E-state index >= 15 is 0 Å². The summed E-state index contributed by atoms with van der Waals surface area (Å²) in [6, 6.07) is 10.7. The molecular formula is C25H32BClN3O9P. The molecule has 4 rings (SSSR count). The Kier molecular flexibility index (Phi) is 9.16. The number of carbonyl (C=O) groups excluding carboxylic acids is 2. The van der Waals surface area contributed by atoms with Gasteiger partial charge in [-0.15, -0.1) is 11.6 Å². The Labute approximate surface area is 237 Å². The largest absolute Gasteiger partial charge is 0.462 e. The van der Waals surface area contributed by atoms with Crippen molar-refractivity contribution in [3.63, 3.8) is 0 Å². The molecule has 0 spiro atoms. The molecule has 0 bridgehead atoms. The molecule has 0 saturated carbocycles. The fraction of sp³-hybridized carbons (Fsp3) is 0.440. The third-order valence-corrected chi connectivity index (χ3v) is 8.38. The number of hydrogen-bond donors (Lipinski definition) is 4. The molecule has 15 heteroatoms. The van der Waals surface area contributed by atoms with Crippen LogP contribution >= 0.6 is 19.3 Å². The van der Waals surface area contributed by atoms with Crippen molar-refractivity contribution < 1.29 is 42.9 Å². The molecule has 1 unspecified atom stereocenters. The fourth-order valence-electron chi connectivity index (χ4n) is 4.32. The maximum absolute atomic E-state index is 14.1. The van der Waals surface area contributed by atoms with E-state index in [1.807, 2.05) is 18.2 Å². The van der Waals surface area contributed by atoms with E-state index in [9.17, 15) is 24.4 Å². The zero-order chi connectivity index (χ0) is 29.2. The average Bonchev–Trinajstić information content (AvgIpc) is 3.11. The second kappa shape index (κ2) is 12.1. The van der Waals surface area contributed by atoms with Crippen LogP contribution < -0.4 is 14.9 Å².